The largest absolute Gasteiger partial charge is 0.462 e. The maximum absolute atomic E-state index is 12.8. The Morgan fingerprint density at radius 2 is 1.76 bits per heavy atom. The number of carbonyl (C=O) groups is 1. The summed E-state index contributed by atoms with van der Waals surface area (Å²) in [5.41, 5.74) is 6.07. The van der Waals surface area contributed by atoms with Crippen molar-refractivity contribution in [3.63, 3.8) is 0 Å². The molecule has 150 valence electrons. The Hall–Kier alpha value is -3.41. The second-order valence-corrected chi connectivity index (χ2v) is 7.02. The van der Waals surface area contributed by atoms with Crippen LogP contribution in [0.15, 0.2) is 48.5 Å². The predicted molar refractivity (Wildman–Crippen MR) is 112 cm³/mol. The lowest BCUT2D eigenvalue weighted by atomic mass is 10.0. The van der Waals surface area contributed by atoms with E-state index in [4.69, 9.17) is 4.74 Å². The van der Waals surface area contributed by atoms with Crippen LogP contribution in [0.25, 0.3) is 11.1 Å². The van der Waals surface area contributed by atoms with Crippen molar-refractivity contribution >= 4 is 11.7 Å². The Balaban J connectivity index is 2.15. The van der Waals surface area contributed by atoms with Crippen LogP contribution < -0.4 is 0 Å². The van der Waals surface area contributed by atoms with Crippen molar-refractivity contribution in [2.75, 3.05) is 6.61 Å². The fourth-order valence-electron chi connectivity index (χ4n) is 3.67. The number of non-ortho nitro benzene ring substituents is 1. The van der Waals surface area contributed by atoms with Crippen molar-refractivity contribution in [1.82, 2.24) is 4.57 Å². The first kappa shape index (κ1) is 20.3. The molecule has 29 heavy (non-hydrogen) atoms. The minimum atomic E-state index is -0.433. The summed E-state index contributed by atoms with van der Waals surface area (Å²) in [4.78, 5) is 23.3. The van der Waals surface area contributed by atoms with Crippen LogP contribution in [0.3, 0.4) is 0 Å². The van der Waals surface area contributed by atoms with Gasteiger partial charge in [-0.05, 0) is 51.0 Å². The molecule has 0 bridgehead atoms. The average Bonchev–Trinajstić information content (AvgIpc) is 2.93. The van der Waals surface area contributed by atoms with Crippen LogP contribution in [0.4, 0.5) is 5.69 Å². The summed E-state index contributed by atoms with van der Waals surface area (Å²) in [6.07, 6.45) is 0. The quantitative estimate of drug-likeness (QED) is 0.328. The van der Waals surface area contributed by atoms with Gasteiger partial charge in [0.15, 0.2) is 0 Å². The molecule has 2 aromatic carbocycles. The molecule has 0 saturated carbocycles. The van der Waals surface area contributed by atoms with Crippen LogP contribution in [-0.4, -0.2) is 22.1 Å². The highest BCUT2D eigenvalue weighted by Crippen LogP contribution is 2.34. The van der Waals surface area contributed by atoms with Gasteiger partial charge in [0, 0.05) is 35.6 Å². The smallest absolute Gasteiger partial charge is 0.340 e. The summed E-state index contributed by atoms with van der Waals surface area (Å²) in [7, 11) is 0. The first-order valence-corrected chi connectivity index (χ1v) is 9.50. The molecule has 0 aliphatic carbocycles. The second kappa shape index (κ2) is 8.31. The molecule has 0 aliphatic rings. The van der Waals surface area contributed by atoms with Crippen LogP contribution >= 0.6 is 0 Å². The van der Waals surface area contributed by atoms with Crippen molar-refractivity contribution in [3.05, 3.63) is 86.7 Å². The molecule has 0 saturated heterocycles. The lowest BCUT2D eigenvalue weighted by Crippen LogP contribution is -2.09. The van der Waals surface area contributed by atoms with Gasteiger partial charge in [0.2, 0.25) is 0 Å². The molecule has 1 heterocycles. The number of aromatic nitrogens is 1. The average molecular weight is 392 g/mol. The molecule has 0 spiro atoms. The summed E-state index contributed by atoms with van der Waals surface area (Å²) in [6, 6.07) is 14.5. The molecule has 0 aliphatic heterocycles. The summed E-state index contributed by atoms with van der Waals surface area (Å²) in [5.74, 6) is -0.385. The molecule has 6 heteroatoms. The third kappa shape index (κ3) is 4.06. The van der Waals surface area contributed by atoms with Crippen LogP contribution in [0.2, 0.25) is 0 Å². The number of nitro groups is 1. The Morgan fingerprint density at radius 3 is 2.34 bits per heavy atom. The SMILES string of the molecule is CCOC(=O)c1c(-c2ccc([N+](=O)[O-])cc2)c(C)n(Cc2cccc(C)c2)c1C. The number of ether oxygens (including phenoxy) is 1. The van der Waals surface area contributed by atoms with Crippen molar-refractivity contribution in [2.24, 2.45) is 0 Å². The molecule has 3 aromatic rings. The molecule has 3 rings (SSSR count). The van der Waals surface area contributed by atoms with E-state index in [-0.39, 0.29) is 18.3 Å². The molecule has 1 aromatic heterocycles. The fraction of sp³-hybridized carbons (Fsp3) is 0.261. The lowest BCUT2D eigenvalue weighted by Gasteiger charge is -2.11. The summed E-state index contributed by atoms with van der Waals surface area (Å²) < 4.78 is 7.41. The van der Waals surface area contributed by atoms with Crippen LogP contribution in [-0.2, 0) is 11.3 Å². The number of hydrogen-bond acceptors (Lipinski definition) is 4. The van der Waals surface area contributed by atoms with Gasteiger partial charge < -0.3 is 9.30 Å². The first-order chi connectivity index (χ1) is 13.8. The summed E-state index contributed by atoms with van der Waals surface area (Å²) in [5, 5.41) is 11.0. The lowest BCUT2D eigenvalue weighted by molar-refractivity contribution is -0.384. The van der Waals surface area contributed by atoms with Gasteiger partial charge in [0.05, 0.1) is 17.1 Å². The topological polar surface area (TPSA) is 74.4 Å². The molecule has 0 N–H and O–H groups in total. The number of nitrogens with zero attached hydrogens (tertiary/aromatic N) is 2. The van der Waals surface area contributed by atoms with E-state index in [1.54, 1.807) is 19.1 Å². The third-order valence-electron chi connectivity index (χ3n) is 5.05. The Labute approximate surface area is 169 Å². The van der Waals surface area contributed by atoms with Gasteiger partial charge >= 0.3 is 5.97 Å². The van der Waals surface area contributed by atoms with Gasteiger partial charge in [0.1, 0.15) is 0 Å². The fourth-order valence-corrected chi connectivity index (χ4v) is 3.67. The number of aryl methyl sites for hydroxylation is 1. The number of carbonyl (C=O) groups excluding carboxylic acids is 1. The van der Waals surface area contributed by atoms with E-state index in [2.05, 4.69) is 16.7 Å². The van der Waals surface area contributed by atoms with E-state index in [9.17, 15) is 14.9 Å². The minimum absolute atomic E-state index is 0.0139. The van der Waals surface area contributed by atoms with Gasteiger partial charge in [0.25, 0.3) is 5.69 Å². The molecular formula is C23H24N2O4. The number of benzene rings is 2. The van der Waals surface area contributed by atoms with Crippen molar-refractivity contribution in [1.29, 1.82) is 0 Å². The Bertz CT molecular complexity index is 1070. The van der Waals surface area contributed by atoms with E-state index < -0.39 is 4.92 Å². The van der Waals surface area contributed by atoms with Crippen molar-refractivity contribution in [3.8, 4) is 11.1 Å². The zero-order chi connectivity index (χ0) is 21.1. The van der Waals surface area contributed by atoms with Crippen molar-refractivity contribution in [2.45, 2.75) is 34.2 Å². The van der Waals surface area contributed by atoms with Crippen LogP contribution in [0, 0.1) is 30.9 Å². The van der Waals surface area contributed by atoms with Gasteiger partial charge in [-0.25, -0.2) is 4.79 Å². The second-order valence-electron chi connectivity index (χ2n) is 7.02. The normalized spacial score (nSPS) is 10.8. The monoisotopic (exact) mass is 392 g/mol. The summed E-state index contributed by atoms with van der Waals surface area (Å²) >= 11 is 0. The zero-order valence-corrected chi connectivity index (χ0v) is 17.1. The molecule has 0 amide bonds. The van der Waals surface area contributed by atoms with Gasteiger partial charge in [-0.3, -0.25) is 10.1 Å². The predicted octanol–water partition coefficient (Wildman–Crippen LogP) is 5.21. The molecule has 0 unspecified atom stereocenters. The van der Waals surface area contributed by atoms with Gasteiger partial charge in [-0.15, -0.1) is 0 Å². The standard InChI is InChI=1S/C23H24N2O4/c1-5-29-23(26)22-17(4)24(14-18-8-6-7-15(2)13-18)16(3)21(22)19-9-11-20(12-10-19)25(27)28/h6-13H,5,14H2,1-4H3. The molecule has 0 atom stereocenters. The van der Waals surface area contributed by atoms with E-state index in [1.165, 1.54) is 17.7 Å². The molecule has 0 radical (unpaired) electrons. The van der Waals surface area contributed by atoms with Gasteiger partial charge in [-0.1, -0.05) is 29.8 Å². The highest BCUT2D eigenvalue weighted by Gasteiger charge is 2.25. The van der Waals surface area contributed by atoms with E-state index in [0.717, 1.165) is 28.1 Å². The highest BCUT2D eigenvalue weighted by molar-refractivity contribution is 6.00. The van der Waals surface area contributed by atoms with Crippen LogP contribution in [0.1, 0.15) is 39.8 Å². The van der Waals surface area contributed by atoms with E-state index >= 15 is 0 Å². The maximum Gasteiger partial charge on any atom is 0.340 e. The zero-order valence-electron chi connectivity index (χ0n) is 17.1. The van der Waals surface area contributed by atoms with E-state index in [0.29, 0.717) is 12.1 Å². The molecule has 6 nitrogen and oxygen atoms in total. The maximum atomic E-state index is 12.8. The van der Waals surface area contributed by atoms with Crippen molar-refractivity contribution < 1.29 is 14.5 Å². The number of esters is 1. The third-order valence-corrected chi connectivity index (χ3v) is 5.05. The number of hydrogen-bond donors (Lipinski definition) is 0. The molecule has 0 fully saturated rings. The highest BCUT2D eigenvalue weighted by atomic mass is 16.6. The number of nitro benzene ring substituents is 1. The van der Waals surface area contributed by atoms with E-state index in [1.807, 2.05) is 32.9 Å². The Kier molecular flexibility index (Phi) is 5.82. The Morgan fingerprint density at radius 1 is 1.07 bits per heavy atom. The summed E-state index contributed by atoms with van der Waals surface area (Å²) in [6.45, 7) is 8.59. The minimum Gasteiger partial charge on any atom is -0.462 e. The molecular weight excluding hydrogens is 368 g/mol. The first-order valence-electron chi connectivity index (χ1n) is 9.50. The van der Waals surface area contributed by atoms with Gasteiger partial charge in [-0.2, -0.15) is 0 Å². The number of rotatable bonds is 6. The van der Waals surface area contributed by atoms with Crippen LogP contribution in [0.5, 0.6) is 0 Å².